The molecule has 6 heteroatoms. The van der Waals surface area contributed by atoms with Crippen molar-refractivity contribution in [3.8, 4) is 0 Å². The molecule has 0 spiro atoms. The fourth-order valence-corrected chi connectivity index (χ4v) is 2.60. The van der Waals surface area contributed by atoms with Gasteiger partial charge in [0.15, 0.2) is 0 Å². The van der Waals surface area contributed by atoms with Crippen LogP contribution < -0.4 is 5.32 Å². The molecule has 1 rings (SSSR count). The number of hydrogen-bond donors (Lipinski definition) is 2. The van der Waals surface area contributed by atoms with Gasteiger partial charge in [-0.05, 0) is 11.3 Å². The zero-order valence-corrected chi connectivity index (χ0v) is 12.2. The van der Waals surface area contributed by atoms with Crippen molar-refractivity contribution < 1.29 is 14.7 Å². The van der Waals surface area contributed by atoms with E-state index >= 15 is 0 Å². The van der Waals surface area contributed by atoms with Gasteiger partial charge in [0.1, 0.15) is 6.04 Å². The van der Waals surface area contributed by atoms with Gasteiger partial charge in [-0.15, -0.1) is 11.8 Å². The normalized spacial score (nSPS) is 20.3. The summed E-state index contributed by atoms with van der Waals surface area (Å²) in [7, 11) is 0. The van der Waals surface area contributed by atoms with Crippen molar-refractivity contribution in [2.24, 2.45) is 11.3 Å². The Bertz CT molecular complexity index is 331. The number of urea groups is 1. The number of nitrogens with one attached hydrogen (secondary N) is 1. The van der Waals surface area contributed by atoms with Gasteiger partial charge in [0, 0.05) is 12.3 Å². The van der Waals surface area contributed by atoms with Gasteiger partial charge in [-0.2, -0.15) is 0 Å². The molecule has 104 valence electrons. The molecule has 0 saturated carbocycles. The first-order chi connectivity index (χ1) is 8.25. The van der Waals surface area contributed by atoms with Crippen molar-refractivity contribution in [2.75, 3.05) is 18.2 Å². The molecule has 2 amide bonds. The van der Waals surface area contributed by atoms with Crippen LogP contribution in [0.2, 0.25) is 0 Å². The van der Waals surface area contributed by atoms with Gasteiger partial charge in [-0.1, -0.05) is 27.7 Å². The van der Waals surface area contributed by atoms with E-state index in [0.717, 1.165) is 0 Å². The maximum absolute atomic E-state index is 12.0. The second-order valence-electron chi connectivity index (χ2n) is 5.63. The van der Waals surface area contributed by atoms with Gasteiger partial charge in [0.05, 0.1) is 5.88 Å². The number of carbonyl (C=O) groups is 2. The molecule has 0 aromatic carbocycles. The van der Waals surface area contributed by atoms with E-state index in [0.29, 0.717) is 24.1 Å². The standard InChI is InChI=1S/C12H22N2O3S/c1-8(2)12(3,4)6-13-11(17)14-7-18-5-9(14)10(15)16/h8-9H,5-7H2,1-4H3,(H,13,17)(H,15,16). The molecule has 1 atom stereocenters. The van der Waals surface area contributed by atoms with Crippen molar-refractivity contribution in [3.63, 3.8) is 0 Å². The number of carbonyl (C=O) groups excluding carboxylic acids is 1. The van der Waals surface area contributed by atoms with Crippen LogP contribution in [0.3, 0.4) is 0 Å². The largest absolute Gasteiger partial charge is 0.480 e. The second kappa shape index (κ2) is 5.82. The van der Waals surface area contributed by atoms with Crippen molar-refractivity contribution >= 4 is 23.8 Å². The molecule has 1 saturated heterocycles. The van der Waals surface area contributed by atoms with Crippen LogP contribution in [0.25, 0.3) is 0 Å². The Labute approximate surface area is 112 Å². The first kappa shape index (κ1) is 15.1. The molecule has 1 aliphatic heterocycles. The van der Waals surface area contributed by atoms with Gasteiger partial charge in [0.2, 0.25) is 0 Å². The summed E-state index contributed by atoms with van der Waals surface area (Å²) in [4.78, 5) is 24.4. The van der Waals surface area contributed by atoms with Crippen molar-refractivity contribution in [1.82, 2.24) is 10.2 Å². The smallest absolute Gasteiger partial charge is 0.327 e. The highest BCUT2D eigenvalue weighted by atomic mass is 32.2. The van der Waals surface area contributed by atoms with Crippen molar-refractivity contribution in [3.05, 3.63) is 0 Å². The summed E-state index contributed by atoms with van der Waals surface area (Å²) in [6.45, 7) is 8.95. The lowest BCUT2D eigenvalue weighted by Crippen LogP contribution is -2.49. The van der Waals surface area contributed by atoms with E-state index in [1.54, 1.807) is 0 Å². The van der Waals surface area contributed by atoms with E-state index in [1.165, 1.54) is 16.7 Å². The Hall–Kier alpha value is -0.910. The van der Waals surface area contributed by atoms with Crippen LogP contribution in [0.1, 0.15) is 27.7 Å². The Morgan fingerprint density at radius 2 is 2.11 bits per heavy atom. The second-order valence-corrected chi connectivity index (χ2v) is 6.63. The fraction of sp³-hybridized carbons (Fsp3) is 0.833. The van der Waals surface area contributed by atoms with Crippen LogP contribution in [0.5, 0.6) is 0 Å². The molecule has 1 unspecified atom stereocenters. The van der Waals surface area contributed by atoms with Gasteiger partial charge >= 0.3 is 12.0 Å². The molecule has 5 nitrogen and oxygen atoms in total. The SMILES string of the molecule is CC(C)C(C)(C)CNC(=O)N1CSCC1C(=O)O. The number of thioether (sulfide) groups is 1. The number of carboxylic acid groups (broad SMARTS) is 1. The summed E-state index contributed by atoms with van der Waals surface area (Å²) < 4.78 is 0. The Morgan fingerprint density at radius 3 is 2.61 bits per heavy atom. The number of amides is 2. The van der Waals surface area contributed by atoms with Gasteiger partial charge < -0.3 is 15.3 Å². The predicted molar refractivity (Wildman–Crippen MR) is 72.6 cm³/mol. The summed E-state index contributed by atoms with van der Waals surface area (Å²) >= 11 is 1.47. The third-order valence-electron chi connectivity index (χ3n) is 3.69. The summed E-state index contributed by atoms with van der Waals surface area (Å²) in [6.07, 6.45) is 0. The molecule has 0 aromatic rings. The lowest BCUT2D eigenvalue weighted by Gasteiger charge is -2.31. The van der Waals surface area contributed by atoms with Gasteiger partial charge in [-0.25, -0.2) is 9.59 Å². The molecule has 0 bridgehead atoms. The number of carboxylic acids is 1. The van der Waals surface area contributed by atoms with E-state index in [9.17, 15) is 9.59 Å². The summed E-state index contributed by atoms with van der Waals surface area (Å²) in [5.41, 5.74) is 0.00124. The van der Waals surface area contributed by atoms with Crippen LogP contribution in [-0.4, -0.2) is 46.2 Å². The Kier molecular flexibility index (Phi) is 4.90. The minimum absolute atomic E-state index is 0.00124. The minimum Gasteiger partial charge on any atom is -0.480 e. The lowest BCUT2D eigenvalue weighted by atomic mass is 9.81. The van der Waals surface area contributed by atoms with E-state index in [1.807, 2.05) is 0 Å². The quantitative estimate of drug-likeness (QED) is 0.820. The van der Waals surface area contributed by atoms with E-state index in [2.05, 4.69) is 33.0 Å². The average molecular weight is 274 g/mol. The van der Waals surface area contributed by atoms with E-state index < -0.39 is 12.0 Å². The summed E-state index contributed by atoms with van der Waals surface area (Å²) in [5.74, 6) is 0.431. The highest BCUT2D eigenvalue weighted by molar-refractivity contribution is 7.99. The minimum atomic E-state index is -0.932. The molecule has 0 aliphatic carbocycles. The molecule has 1 aliphatic rings. The van der Waals surface area contributed by atoms with Crippen molar-refractivity contribution in [2.45, 2.75) is 33.7 Å². The maximum Gasteiger partial charge on any atom is 0.327 e. The topological polar surface area (TPSA) is 69.6 Å². The number of nitrogens with zero attached hydrogens (tertiary/aromatic N) is 1. The molecule has 0 radical (unpaired) electrons. The van der Waals surface area contributed by atoms with Crippen LogP contribution >= 0.6 is 11.8 Å². The third-order valence-corrected chi connectivity index (χ3v) is 4.70. The zero-order chi connectivity index (χ0) is 13.9. The number of hydrogen-bond acceptors (Lipinski definition) is 3. The first-order valence-electron chi connectivity index (χ1n) is 6.10. The van der Waals surface area contributed by atoms with E-state index in [-0.39, 0.29) is 11.4 Å². The van der Waals surface area contributed by atoms with E-state index in [4.69, 9.17) is 5.11 Å². The molecule has 2 N–H and O–H groups in total. The maximum atomic E-state index is 12.0. The van der Waals surface area contributed by atoms with Crippen molar-refractivity contribution in [1.29, 1.82) is 0 Å². The van der Waals surface area contributed by atoms with Gasteiger partial charge in [0.25, 0.3) is 0 Å². The fourth-order valence-electron chi connectivity index (χ4n) is 1.46. The number of rotatable bonds is 4. The highest BCUT2D eigenvalue weighted by Crippen LogP contribution is 2.25. The predicted octanol–water partition coefficient (Wildman–Crippen LogP) is 1.84. The first-order valence-corrected chi connectivity index (χ1v) is 7.26. The van der Waals surface area contributed by atoms with Crippen LogP contribution in [-0.2, 0) is 4.79 Å². The van der Waals surface area contributed by atoms with Crippen LogP contribution in [0.15, 0.2) is 0 Å². The van der Waals surface area contributed by atoms with Crippen LogP contribution in [0, 0.1) is 11.3 Å². The molecule has 18 heavy (non-hydrogen) atoms. The molecule has 0 aromatic heterocycles. The number of aliphatic carboxylic acids is 1. The molecular weight excluding hydrogens is 252 g/mol. The van der Waals surface area contributed by atoms with Crippen LogP contribution in [0.4, 0.5) is 4.79 Å². The molecule has 1 fully saturated rings. The summed E-state index contributed by atoms with van der Waals surface area (Å²) in [6, 6.07) is -0.974. The monoisotopic (exact) mass is 274 g/mol. The zero-order valence-electron chi connectivity index (χ0n) is 11.4. The highest BCUT2D eigenvalue weighted by Gasteiger charge is 2.35. The average Bonchev–Trinajstić information content (AvgIpc) is 2.74. The van der Waals surface area contributed by atoms with Gasteiger partial charge in [-0.3, -0.25) is 0 Å². The molecular formula is C12H22N2O3S. The lowest BCUT2D eigenvalue weighted by molar-refractivity contribution is -0.140. The molecule has 1 heterocycles. The Morgan fingerprint density at radius 1 is 1.50 bits per heavy atom. The third kappa shape index (κ3) is 3.54. The summed E-state index contributed by atoms with van der Waals surface area (Å²) in [5, 5.41) is 11.9. The Balaban J connectivity index is 2.53.